The van der Waals surface area contributed by atoms with E-state index in [1.54, 1.807) is 8.61 Å². The standard InChI is InChI=1S/C14H24ClN5O2S/c1-12-14(15)13(17-16-12)11-18-5-4-8-20(10-9-18)23(21,22)19-6-2-3-7-19/h2-11H2,1H3,(H,16,17). The molecule has 2 saturated heterocycles. The second-order valence-corrected chi connectivity index (χ2v) is 8.56. The third-order valence-corrected chi connectivity index (χ3v) is 7.12. The second kappa shape index (κ2) is 7.06. The molecule has 130 valence electrons. The van der Waals surface area contributed by atoms with Gasteiger partial charge in [0.1, 0.15) is 0 Å². The van der Waals surface area contributed by atoms with Crippen molar-refractivity contribution in [3.63, 3.8) is 0 Å². The summed E-state index contributed by atoms with van der Waals surface area (Å²) >= 11 is 6.22. The van der Waals surface area contributed by atoms with E-state index in [1.165, 1.54) is 0 Å². The Bertz CT molecular complexity index is 642. The Morgan fingerprint density at radius 3 is 2.35 bits per heavy atom. The molecule has 0 aromatic carbocycles. The Hall–Kier alpha value is -0.670. The first-order valence-corrected chi connectivity index (χ1v) is 9.93. The number of nitrogens with one attached hydrogen (secondary N) is 1. The SMILES string of the molecule is Cc1[nH]nc(CN2CCCN(S(=O)(=O)N3CCCC3)CC2)c1Cl. The van der Waals surface area contributed by atoms with Crippen molar-refractivity contribution in [2.45, 2.75) is 32.7 Å². The number of aromatic nitrogens is 2. The number of nitrogens with zero attached hydrogens (tertiary/aromatic N) is 4. The summed E-state index contributed by atoms with van der Waals surface area (Å²) in [6.45, 7) is 6.54. The lowest BCUT2D eigenvalue weighted by Gasteiger charge is -2.26. The van der Waals surface area contributed by atoms with Crippen LogP contribution in [0.4, 0.5) is 0 Å². The molecule has 3 rings (SSSR count). The molecule has 2 aliphatic heterocycles. The van der Waals surface area contributed by atoms with Crippen LogP contribution in [0.15, 0.2) is 0 Å². The molecule has 1 aromatic rings. The molecule has 0 atom stereocenters. The van der Waals surface area contributed by atoms with Gasteiger partial charge in [0.05, 0.1) is 16.4 Å². The number of aryl methyl sites for hydroxylation is 1. The summed E-state index contributed by atoms with van der Waals surface area (Å²) in [5.74, 6) is 0. The molecule has 0 radical (unpaired) electrons. The summed E-state index contributed by atoms with van der Waals surface area (Å²) in [6.07, 6.45) is 2.76. The van der Waals surface area contributed by atoms with E-state index in [0.29, 0.717) is 44.3 Å². The highest BCUT2D eigenvalue weighted by molar-refractivity contribution is 7.86. The van der Waals surface area contributed by atoms with E-state index in [4.69, 9.17) is 11.6 Å². The zero-order valence-electron chi connectivity index (χ0n) is 13.5. The van der Waals surface area contributed by atoms with Gasteiger partial charge in [0.25, 0.3) is 10.2 Å². The maximum Gasteiger partial charge on any atom is 0.282 e. The smallest absolute Gasteiger partial charge is 0.282 e. The molecule has 0 unspecified atom stereocenters. The van der Waals surface area contributed by atoms with E-state index < -0.39 is 10.2 Å². The van der Waals surface area contributed by atoms with Crippen LogP contribution in [0.3, 0.4) is 0 Å². The van der Waals surface area contributed by atoms with E-state index in [-0.39, 0.29) is 0 Å². The fraction of sp³-hybridized carbons (Fsp3) is 0.786. The van der Waals surface area contributed by atoms with Crippen LogP contribution in [0, 0.1) is 6.92 Å². The van der Waals surface area contributed by atoms with E-state index in [9.17, 15) is 8.42 Å². The van der Waals surface area contributed by atoms with Gasteiger partial charge >= 0.3 is 0 Å². The van der Waals surface area contributed by atoms with Crippen LogP contribution < -0.4 is 0 Å². The molecule has 7 nitrogen and oxygen atoms in total. The third-order valence-electron chi connectivity index (χ3n) is 4.58. The molecule has 2 aliphatic rings. The molecule has 1 aromatic heterocycles. The number of hydrogen-bond donors (Lipinski definition) is 1. The van der Waals surface area contributed by atoms with Gasteiger partial charge in [-0.2, -0.15) is 22.1 Å². The van der Waals surface area contributed by atoms with Crippen molar-refractivity contribution in [2.75, 3.05) is 39.3 Å². The fourth-order valence-corrected chi connectivity index (χ4v) is 5.06. The van der Waals surface area contributed by atoms with Gasteiger partial charge in [-0.1, -0.05) is 11.6 Å². The van der Waals surface area contributed by atoms with Crippen LogP contribution in [0.1, 0.15) is 30.7 Å². The minimum Gasteiger partial charge on any atom is -0.296 e. The third kappa shape index (κ3) is 3.71. The minimum atomic E-state index is -3.29. The first-order chi connectivity index (χ1) is 11.0. The van der Waals surface area contributed by atoms with Gasteiger partial charge in [-0.15, -0.1) is 0 Å². The van der Waals surface area contributed by atoms with Gasteiger partial charge in [0.2, 0.25) is 0 Å². The van der Waals surface area contributed by atoms with E-state index in [2.05, 4.69) is 15.1 Å². The van der Waals surface area contributed by atoms with Crippen molar-refractivity contribution in [1.29, 1.82) is 0 Å². The molecule has 1 N–H and O–H groups in total. The van der Waals surface area contributed by atoms with Crippen molar-refractivity contribution in [1.82, 2.24) is 23.7 Å². The Labute approximate surface area is 142 Å². The van der Waals surface area contributed by atoms with Gasteiger partial charge in [-0.3, -0.25) is 10.00 Å². The zero-order chi connectivity index (χ0) is 16.4. The molecule has 0 spiro atoms. The molecule has 0 bridgehead atoms. The van der Waals surface area contributed by atoms with Crippen molar-refractivity contribution < 1.29 is 8.42 Å². The van der Waals surface area contributed by atoms with Crippen LogP contribution in [0.25, 0.3) is 0 Å². The average molecular weight is 362 g/mol. The predicted molar refractivity (Wildman–Crippen MR) is 89.5 cm³/mol. The largest absolute Gasteiger partial charge is 0.296 e. The molecule has 0 aliphatic carbocycles. The molecule has 0 saturated carbocycles. The summed E-state index contributed by atoms with van der Waals surface area (Å²) in [7, 11) is -3.29. The number of halogens is 1. The summed E-state index contributed by atoms with van der Waals surface area (Å²) in [5, 5.41) is 7.80. The van der Waals surface area contributed by atoms with Crippen LogP contribution in [0.2, 0.25) is 5.02 Å². The van der Waals surface area contributed by atoms with Crippen molar-refractivity contribution in [3.05, 3.63) is 16.4 Å². The monoisotopic (exact) mass is 361 g/mol. The normalized spacial score (nSPS) is 22.5. The van der Waals surface area contributed by atoms with Crippen LogP contribution >= 0.6 is 11.6 Å². The number of rotatable bonds is 4. The van der Waals surface area contributed by atoms with Gasteiger partial charge in [-0.05, 0) is 32.7 Å². The molecule has 9 heteroatoms. The summed E-state index contributed by atoms with van der Waals surface area (Å²) in [5.41, 5.74) is 1.70. The highest BCUT2D eigenvalue weighted by Gasteiger charge is 2.32. The van der Waals surface area contributed by atoms with Crippen LogP contribution in [-0.2, 0) is 16.8 Å². The zero-order valence-corrected chi connectivity index (χ0v) is 15.0. The van der Waals surface area contributed by atoms with Crippen LogP contribution in [0.5, 0.6) is 0 Å². The molecular weight excluding hydrogens is 338 g/mol. The lowest BCUT2D eigenvalue weighted by molar-refractivity contribution is 0.273. The number of aromatic amines is 1. The first kappa shape index (κ1) is 17.2. The summed E-state index contributed by atoms with van der Waals surface area (Å²) < 4.78 is 28.6. The van der Waals surface area contributed by atoms with Crippen molar-refractivity contribution in [3.8, 4) is 0 Å². The number of H-pyrrole nitrogens is 1. The van der Waals surface area contributed by atoms with Crippen molar-refractivity contribution in [2.24, 2.45) is 0 Å². The van der Waals surface area contributed by atoms with E-state index in [1.807, 2.05) is 6.92 Å². The second-order valence-electron chi connectivity index (χ2n) is 6.25. The molecule has 2 fully saturated rings. The maximum absolute atomic E-state index is 12.7. The molecule has 23 heavy (non-hydrogen) atoms. The highest BCUT2D eigenvalue weighted by Crippen LogP contribution is 2.21. The quantitative estimate of drug-likeness (QED) is 0.875. The Kier molecular flexibility index (Phi) is 5.27. The lowest BCUT2D eigenvalue weighted by atomic mass is 10.3. The topological polar surface area (TPSA) is 72.5 Å². The summed E-state index contributed by atoms with van der Waals surface area (Å²) in [6, 6.07) is 0. The molecule has 0 amide bonds. The van der Waals surface area contributed by atoms with Gasteiger partial charge in [-0.25, -0.2) is 0 Å². The Morgan fingerprint density at radius 1 is 1.04 bits per heavy atom. The lowest BCUT2D eigenvalue weighted by Crippen LogP contribution is -2.44. The number of hydrogen-bond acceptors (Lipinski definition) is 4. The first-order valence-electron chi connectivity index (χ1n) is 8.15. The van der Waals surface area contributed by atoms with Gasteiger partial charge in [0, 0.05) is 39.3 Å². The fourth-order valence-electron chi connectivity index (χ4n) is 3.20. The summed E-state index contributed by atoms with van der Waals surface area (Å²) in [4.78, 5) is 2.22. The minimum absolute atomic E-state index is 0.528. The maximum atomic E-state index is 12.7. The average Bonchev–Trinajstić information content (AvgIpc) is 3.09. The van der Waals surface area contributed by atoms with Gasteiger partial charge < -0.3 is 0 Å². The molecule has 3 heterocycles. The van der Waals surface area contributed by atoms with Crippen molar-refractivity contribution >= 4 is 21.8 Å². The van der Waals surface area contributed by atoms with E-state index >= 15 is 0 Å². The Morgan fingerprint density at radius 2 is 1.70 bits per heavy atom. The molecular formula is C14H24ClN5O2S. The predicted octanol–water partition coefficient (Wildman–Crippen LogP) is 1.22. The highest BCUT2D eigenvalue weighted by atomic mass is 35.5. The van der Waals surface area contributed by atoms with E-state index in [0.717, 1.165) is 37.2 Å². The van der Waals surface area contributed by atoms with Gasteiger partial charge in [0.15, 0.2) is 0 Å². The Balaban J connectivity index is 1.62. The van der Waals surface area contributed by atoms with Crippen LogP contribution in [-0.4, -0.2) is 71.4 Å².